The van der Waals surface area contributed by atoms with E-state index in [4.69, 9.17) is 14.7 Å². The van der Waals surface area contributed by atoms with Crippen molar-refractivity contribution < 1.29 is 23.9 Å². The Kier molecular flexibility index (Phi) is 12.7. The highest BCUT2D eigenvalue weighted by molar-refractivity contribution is 5.91. The molecule has 63 heavy (non-hydrogen) atoms. The number of methoxy groups -OCH3 is 1. The van der Waals surface area contributed by atoms with Crippen molar-refractivity contribution in [1.82, 2.24) is 45.3 Å². The molecule has 14 nitrogen and oxygen atoms in total. The highest BCUT2D eigenvalue weighted by Gasteiger charge is 2.38. The number of aromatic amines is 2. The van der Waals surface area contributed by atoms with Gasteiger partial charge in [-0.2, -0.15) is 0 Å². The number of rotatable bonds is 13. The van der Waals surface area contributed by atoms with E-state index in [1.807, 2.05) is 80.5 Å². The van der Waals surface area contributed by atoms with Crippen molar-refractivity contribution in [2.45, 2.75) is 63.7 Å². The summed E-state index contributed by atoms with van der Waals surface area (Å²) in [5.74, 6) is 0.858. The van der Waals surface area contributed by atoms with Gasteiger partial charge in [0.2, 0.25) is 17.7 Å². The van der Waals surface area contributed by atoms with Gasteiger partial charge >= 0.3 is 6.09 Å². The second-order valence-electron chi connectivity index (χ2n) is 17.1. The Morgan fingerprint density at radius 3 is 1.84 bits per heavy atom. The molecule has 0 bridgehead atoms. The van der Waals surface area contributed by atoms with Crippen LogP contribution in [-0.2, 0) is 19.1 Å². The van der Waals surface area contributed by atoms with E-state index in [1.54, 1.807) is 4.90 Å². The van der Waals surface area contributed by atoms with Gasteiger partial charge in [0, 0.05) is 18.7 Å². The maximum atomic E-state index is 14.1. The molecule has 2 aliphatic heterocycles. The van der Waals surface area contributed by atoms with Crippen LogP contribution in [0.3, 0.4) is 0 Å². The number of aromatic nitrogens is 4. The molecule has 0 saturated carbocycles. The lowest BCUT2D eigenvalue weighted by molar-refractivity contribution is -0.137. The maximum Gasteiger partial charge on any atom is 0.407 e. The first-order valence-electron chi connectivity index (χ1n) is 21.7. The molecular weight excluding hydrogens is 795 g/mol. The molecule has 326 valence electrons. The van der Waals surface area contributed by atoms with Crippen molar-refractivity contribution in [2.75, 3.05) is 40.8 Å². The highest BCUT2D eigenvalue weighted by atomic mass is 16.5. The Balaban J connectivity index is 0.939. The standard InChI is InChI=1S/C49H55N9O5/c1-30(2)43(55-49(62)63-5)47(60)57-23-9-13-40(57)46-51-28-39(53-46)37-22-21-35-25-34(19-20-36(35)26-37)31-15-17-32(18-16-31)38-27-50-45(52-38)41-14-10-24-58(41)48(61)44(33-11-7-6-8-12-33)54-42(59)29-56(3)4/h6-8,11-12,15-22,25-28,30,40-41,43-44H,9-10,13-14,23-24,29H2,1-5H3,(H,50,52)(H,51,53)(H,54,59)(H,55,62)/t40-,41-,43-,44+/m0/s1. The quantitative estimate of drug-likeness (QED) is 0.0932. The van der Waals surface area contributed by atoms with Crippen LogP contribution < -0.4 is 10.6 Å². The molecule has 4 N–H and O–H groups in total. The van der Waals surface area contributed by atoms with Crippen LogP contribution in [0.4, 0.5) is 4.79 Å². The smallest absolute Gasteiger partial charge is 0.407 e. The van der Waals surface area contributed by atoms with E-state index in [0.717, 1.165) is 87.3 Å². The first-order valence-corrected chi connectivity index (χ1v) is 21.7. The zero-order chi connectivity index (χ0) is 44.2. The topological polar surface area (TPSA) is 169 Å². The van der Waals surface area contributed by atoms with E-state index >= 15 is 0 Å². The summed E-state index contributed by atoms with van der Waals surface area (Å²) in [7, 11) is 4.95. The number of nitrogens with one attached hydrogen (secondary N) is 4. The fourth-order valence-corrected chi connectivity index (χ4v) is 8.84. The Labute approximate surface area is 367 Å². The molecule has 0 unspecified atom stereocenters. The summed E-state index contributed by atoms with van der Waals surface area (Å²) < 4.78 is 4.78. The minimum absolute atomic E-state index is 0.107. The predicted molar refractivity (Wildman–Crippen MR) is 242 cm³/mol. The fourth-order valence-electron chi connectivity index (χ4n) is 8.84. The largest absolute Gasteiger partial charge is 0.453 e. The molecule has 4 heterocycles. The minimum Gasteiger partial charge on any atom is -0.453 e. The molecule has 2 saturated heterocycles. The zero-order valence-corrected chi connectivity index (χ0v) is 36.4. The fraction of sp³-hybridized carbons (Fsp3) is 0.347. The zero-order valence-electron chi connectivity index (χ0n) is 36.4. The van der Waals surface area contributed by atoms with E-state index in [2.05, 4.69) is 81.3 Å². The van der Waals surface area contributed by atoms with E-state index < -0.39 is 18.2 Å². The van der Waals surface area contributed by atoms with Gasteiger partial charge in [0.15, 0.2) is 0 Å². The third-order valence-electron chi connectivity index (χ3n) is 12.1. The summed E-state index contributed by atoms with van der Waals surface area (Å²) in [6, 6.07) is 28.6. The Morgan fingerprint density at radius 1 is 0.714 bits per heavy atom. The van der Waals surface area contributed by atoms with Gasteiger partial charge in [0.1, 0.15) is 23.7 Å². The SMILES string of the molecule is COC(=O)N[C@H](C(=O)N1CCC[C@H]1c1ncc(-c2ccc3cc(-c4ccc(-c5cnc([C@@H]6CCCN6C(=O)[C@H](NC(=O)CN(C)C)c6ccccc6)[nH]5)cc4)ccc3c2)[nH]1)C(C)C. The van der Waals surface area contributed by atoms with Crippen LogP contribution in [0.2, 0.25) is 0 Å². The molecule has 6 aromatic rings. The molecule has 0 radical (unpaired) electrons. The third-order valence-corrected chi connectivity index (χ3v) is 12.1. The van der Waals surface area contributed by atoms with Crippen LogP contribution >= 0.6 is 0 Å². The van der Waals surface area contributed by atoms with Crippen molar-refractivity contribution in [2.24, 2.45) is 5.92 Å². The number of carbonyl (C=O) groups excluding carboxylic acids is 4. The van der Waals surface area contributed by atoms with Crippen molar-refractivity contribution >= 4 is 34.6 Å². The average Bonchev–Trinajstić information content (AvgIpc) is 4.14. The number of nitrogens with zero attached hydrogens (tertiary/aromatic N) is 5. The molecule has 2 fully saturated rings. The second kappa shape index (κ2) is 18.7. The van der Waals surface area contributed by atoms with Gasteiger partial charge in [-0.05, 0) is 90.9 Å². The summed E-state index contributed by atoms with van der Waals surface area (Å²) in [5, 5.41) is 7.88. The van der Waals surface area contributed by atoms with Gasteiger partial charge in [-0.15, -0.1) is 0 Å². The van der Waals surface area contributed by atoms with E-state index in [9.17, 15) is 19.2 Å². The number of H-pyrrole nitrogens is 2. The number of ether oxygens (including phenoxy) is 1. The normalized spacial score (nSPS) is 17.3. The number of imidazole rings is 2. The predicted octanol–water partition coefficient (Wildman–Crippen LogP) is 7.41. The first kappa shape index (κ1) is 42.9. The molecule has 0 spiro atoms. The molecule has 4 amide bonds. The lowest BCUT2D eigenvalue weighted by Crippen LogP contribution is -2.51. The summed E-state index contributed by atoms with van der Waals surface area (Å²) in [6.07, 6.45) is 6.27. The number of benzene rings is 4. The lowest BCUT2D eigenvalue weighted by Gasteiger charge is -2.30. The molecule has 8 rings (SSSR count). The number of hydrogen-bond acceptors (Lipinski definition) is 8. The van der Waals surface area contributed by atoms with Crippen LogP contribution in [0.25, 0.3) is 44.4 Å². The molecule has 2 aromatic heterocycles. The van der Waals surface area contributed by atoms with Crippen LogP contribution in [-0.4, -0.2) is 105 Å². The maximum absolute atomic E-state index is 14.1. The molecule has 4 aromatic carbocycles. The first-order chi connectivity index (χ1) is 30.5. The number of fused-ring (bicyclic) bond motifs is 1. The van der Waals surface area contributed by atoms with Crippen LogP contribution in [0.15, 0.2) is 103 Å². The molecule has 0 aliphatic carbocycles. The Hall–Kier alpha value is -6.80. The summed E-state index contributed by atoms with van der Waals surface area (Å²) in [4.78, 5) is 74.5. The molecule has 4 atom stereocenters. The number of hydrogen-bond donors (Lipinski definition) is 4. The minimum atomic E-state index is -0.792. The lowest BCUT2D eigenvalue weighted by atomic mass is 9.98. The average molecular weight is 850 g/mol. The van der Waals surface area contributed by atoms with Gasteiger partial charge in [-0.3, -0.25) is 14.4 Å². The van der Waals surface area contributed by atoms with Gasteiger partial charge in [0.05, 0.1) is 49.5 Å². The second-order valence-corrected chi connectivity index (χ2v) is 17.1. The number of likely N-dealkylation sites (N-methyl/N-ethyl adjacent to an activating group) is 1. The van der Waals surface area contributed by atoms with Gasteiger partial charge in [-0.1, -0.05) is 92.7 Å². The number of carbonyl (C=O) groups is 4. The van der Waals surface area contributed by atoms with Crippen molar-refractivity contribution in [3.63, 3.8) is 0 Å². The summed E-state index contributed by atoms with van der Waals surface area (Å²) in [6.45, 7) is 5.17. The molecule has 2 aliphatic rings. The van der Waals surface area contributed by atoms with E-state index in [0.29, 0.717) is 13.1 Å². The van der Waals surface area contributed by atoms with Crippen molar-refractivity contribution in [3.8, 4) is 33.6 Å². The third kappa shape index (κ3) is 9.36. The van der Waals surface area contributed by atoms with Crippen molar-refractivity contribution in [3.05, 3.63) is 121 Å². The van der Waals surface area contributed by atoms with Gasteiger partial charge in [0.25, 0.3) is 0 Å². The number of amides is 4. The Morgan fingerprint density at radius 2 is 1.25 bits per heavy atom. The van der Waals surface area contributed by atoms with E-state index in [1.165, 1.54) is 7.11 Å². The summed E-state index contributed by atoms with van der Waals surface area (Å²) in [5.41, 5.74) is 6.63. The van der Waals surface area contributed by atoms with Gasteiger partial charge in [-0.25, -0.2) is 14.8 Å². The van der Waals surface area contributed by atoms with Gasteiger partial charge < -0.3 is 40.0 Å². The molecular formula is C49H55N9O5. The summed E-state index contributed by atoms with van der Waals surface area (Å²) >= 11 is 0. The van der Waals surface area contributed by atoms with Crippen LogP contribution in [0.1, 0.15) is 74.9 Å². The number of alkyl carbamates (subject to hydrolysis) is 1. The van der Waals surface area contributed by atoms with Crippen molar-refractivity contribution in [1.29, 1.82) is 0 Å². The van der Waals surface area contributed by atoms with E-state index in [-0.39, 0.29) is 42.3 Å². The van der Waals surface area contributed by atoms with Crippen LogP contribution in [0.5, 0.6) is 0 Å². The molecule has 14 heteroatoms. The highest BCUT2D eigenvalue weighted by Crippen LogP contribution is 2.36. The Bertz CT molecular complexity index is 2580. The number of likely N-dealkylation sites (tertiary alicyclic amines) is 2. The monoisotopic (exact) mass is 849 g/mol. The van der Waals surface area contributed by atoms with Crippen LogP contribution in [0, 0.1) is 5.92 Å².